The van der Waals surface area contributed by atoms with Crippen molar-refractivity contribution in [2.24, 2.45) is 0 Å². The highest BCUT2D eigenvalue weighted by atomic mass is 32.2. The molecule has 0 aromatic rings. The van der Waals surface area contributed by atoms with Gasteiger partial charge in [-0.05, 0) is 57.2 Å². The molecule has 3 heteroatoms. The van der Waals surface area contributed by atoms with Gasteiger partial charge in [-0.2, -0.15) is 11.8 Å². The Bertz CT molecular complexity index is 89.3. The van der Waals surface area contributed by atoms with Crippen LogP contribution in [0.5, 0.6) is 0 Å². The predicted octanol–water partition coefficient (Wildman–Crippen LogP) is 2.54. The van der Waals surface area contributed by atoms with Gasteiger partial charge in [0.05, 0.1) is 0 Å². The van der Waals surface area contributed by atoms with Gasteiger partial charge in [0.15, 0.2) is 0 Å². The summed E-state index contributed by atoms with van der Waals surface area (Å²) in [7, 11) is 1.77. The van der Waals surface area contributed by atoms with E-state index in [1.54, 1.807) is 7.11 Å². The van der Waals surface area contributed by atoms with Crippen LogP contribution in [0.25, 0.3) is 0 Å². The van der Waals surface area contributed by atoms with Crippen molar-refractivity contribution in [3.05, 3.63) is 0 Å². The molecule has 0 unspecified atom stereocenters. The molecule has 0 saturated carbocycles. The van der Waals surface area contributed by atoms with Crippen LogP contribution in [-0.2, 0) is 4.74 Å². The zero-order chi connectivity index (χ0) is 10.5. The Labute approximate surface area is 93.2 Å². The van der Waals surface area contributed by atoms with Crippen LogP contribution < -0.4 is 5.32 Å². The molecule has 0 heterocycles. The van der Waals surface area contributed by atoms with Crippen molar-refractivity contribution in [1.82, 2.24) is 5.32 Å². The van der Waals surface area contributed by atoms with E-state index >= 15 is 0 Å². The Morgan fingerprint density at radius 2 is 1.71 bits per heavy atom. The van der Waals surface area contributed by atoms with Crippen LogP contribution in [0.15, 0.2) is 0 Å². The molecule has 0 bridgehead atoms. The van der Waals surface area contributed by atoms with Crippen LogP contribution in [0.3, 0.4) is 0 Å². The number of thioether (sulfide) groups is 1. The maximum absolute atomic E-state index is 4.99. The minimum atomic E-state index is 0.910. The molecule has 0 aromatic carbocycles. The van der Waals surface area contributed by atoms with E-state index in [1.807, 2.05) is 11.8 Å². The van der Waals surface area contributed by atoms with Crippen molar-refractivity contribution in [3.8, 4) is 0 Å². The van der Waals surface area contributed by atoms with Gasteiger partial charge >= 0.3 is 0 Å². The first-order valence-corrected chi connectivity index (χ1v) is 6.99. The molecule has 0 aliphatic heterocycles. The van der Waals surface area contributed by atoms with Crippen LogP contribution in [0.2, 0.25) is 0 Å². The molecule has 0 saturated heterocycles. The number of ether oxygens (including phenoxy) is 1. The lowest BCUT2D eigenvalue weighted by Crippen LogP contribution is -2.16. The summed E-state index contributed by atoms with van der Waals surface area (Å²) in [5, 5.41) is 3.47. The Balaban J connectivity index is 2.78. The summed E-state index contributed by atoms with van der Waals surface area (Å²) < 4.78 is 4.99. The van der Waals surface area contributed by atoms with E-state index in [0.29, 0.717) is 0 Å². The summed E-state index contributed by atoms with van der Waals surface area (Å²) in [5.41, 5.74) is 0. The SMILES string of the molecule is COCCCCCNCCCCSC. The van der Waals surface area contributed by atoms with Crippen LogP contribution in [0.4, 0.5) is 0 Å². The van der Waals surface area contributed by atoms with Crippen molar-refractivity contribution in [3.63, 3.8) is 0 Å². The van der Waals surface area contributed by atoms with E-state index in [0.717, 1.165) is 6.61 Å². The summed E-state index contributed by atoms with van der Waals surface area (Å²) in [4.78, 5) is 0. The average Bonchev–Trinajstić information content (AvgIpc) is 2.21. The lowest BCUT2D eigenvalue weighted by atomic mass is 10.2. The maximum Gasteiger partial charge on any atom is 0.0462 e. The molecule has 2 nitrogen and oxygen atoms in total. The summed E-state index contributed by atoms with van der Waals surface area (Å²) in [6.45, 7) is 3.27. The number of rotatable bonds is 11. The second kappa shape index (κ2) is 13.3. The Kier molecular flexibility index (Phi) is 13.5. The van der Waals surface area contributed by atoms with Crippen molar-refractivity contribution in [1.29, 1.82) is 0 Å². The van der Waals surface area contributed by atoms with Crippen molar-refractivity contribution in [2.75, 3.05) is 38.8 Å². The van der Waals surface area contributed by atoms with Crippen molar-refractivity contribution < 1.29 is 4.74 Å². The molecule has 0 spiro atoms. The first-order chi connectivity index (χ1) is 6.91. The number of hydrogen-bond acceptors (Lipinski definition) is 3. The maximum atomic E-state index is 4.99. The summed E-state index contributed by atoms with van der Waals surface area (Å²) in [6, 6.07) is 0. The van der Waals surface area contributed by atoms with E-state index in [9.17, 15) is 0 Å². The average molecular weight is 219 g/mol. The lowest BCUT2D eigenvalue weighted by Gasteiger charge is -2.04. The Morgan fingerprint density at radius 3 is 2.36 bits per heavy atom. The summed E-state index contributed by atoms with van der Waals surface area (Å²) in [6.07, 6.45) is 8.60. The smallest absolute Gasteiger partial charge is 0.0462 e. The largest absolute Gasteiger partial charge is 0.385 e. The third kappa shape index (κ3) is 12.3. The standard InChI is InChI=1S/C11H25NOS/c1-13-10-6-3-4-8-12-9-5-7-11-14-2/h12H,3-11H2,1-2H3. The van der Waals surface area contributed by atoms with Gasteiger partial charge in [0, 0.05) is 13.7 Å². The third-order valence-corrected chi connectivity index (χ3v) is 2.85. The van der Waals surface area contributed by atoms with Gasteiger partial charge in [-0.15, -0.1) is 0 Å². The molecule has 0 fully saturated rings. The fourth-order valence-corrected chi connectivity index (χ4v) is 1.79. The van der Waals surface area contributed by atoms with Gasteiger partial charge in [0.1, 0.15) is 0 Å². The van der Waals surface area contributed by atoms with E-state index in [1.165, 1.54) is 50.9 Å². The van der Waals surface area contributed by atoms with Gasteiger partial charge in [0.25, 0.3) is 0 Å². The van der Waals surface area contributed by atoms with Gasteiger partial charge in [-0.3, -0.25) is 0 Å². The lowest BCUT2D eigenvalue weighted by molar-refractivity contribution is 0.192. The second-order valence-corrected chi connectivity index (χ2v) is 4.49. The second-order valence-electron chi connectivity index (χ2n) is 3.50. The van der Waals surface area contributed by atoms with Gasteiger partial charge in [-0.25, -0.2) is 0 Å². The summed E-state index contributed by atoms with van der Waals surface area (Å²) >= 11 is 1.94. The molecule has 0 aliphatic carbocycles. The van der Waals surface area contributed by atoms with E-state index in [-0.39, 0.29) is 0 Å². The van der Waals surface area contributed by atoms with Gasteiger partial charge < -0.3 is 10.1 Å². The first kappa shape index (κ1) is 14.3. The minimum absolute atomic E-state index is 0.910. The molecule has 0 rings (SSSR count). The monoisotopic (exact) mass is 219 g/mol. The summed E-state index contributed by atoms with van der Waals surface area (Å²) in [5.74, 6) is 1.30. The van der Waals surface area contributed by atoms with E-state index in [2.05, 4.69) is 11.6 Å². The van der Waals surface area contributed by atoms with Gasteiger partial charge in [-0.1, -0.05) is 0 Å². The fraction of sp³-hybridized carbons (Fsp3) is 1.00. The zero-order valence-electron chi connectivity index (χ0n) is 9.68. The molecule has 0 aromatic heterocycles. The Morgan fingerprint density at radius 1 is 1.00 bits per heavy atom. The van der Waals surface area contributed by atoms with Crippen LogP contribution in [0, 0.1) is 0 Å². The molecular weight excluding hydrogens is 194 g/mol. The van der Waals surface area contributed by atoms with Crippen molar-refractivity contribution >= 4 is 11.8 Å². The highest BCUT2D eigenvalue weighted by Gasteiger charge is 1.90. The molecule has 0 amide bonds. The van der Waals surface area contributed by atoms with Crippen LogP contribution >= 0.6 is 11.8 Å². The zero-order valence-corrected chi connectivity index (χ0v) is 10.5. The highest BCUT2D eigenvalue weighted by Crippen LogP contribution is 1.98. The molecule has 0 atom stereocenters. The normalized spacial score (nSPS) is 10.7. The topological polar surface area (TPSA) is 21.3 Å². The Hall–Kier alpha value is 0.270. The first-order valence-electron chi connectivity index (χ1n) is 5.60. The van der Waals surface area contributed by atoms with E-state index in [4.69, 9.17) is 4.74 Å². The quantitative estimate of drug-likeness (QED) is 0.540. The predicted molar refractivity (Wildman–Crippen MR) is 66.2 cm³/mol. The molecule has 0 aliphatic rings. The number of hydrogen-bond donors (Lipinski definition) is 1. The number of unbranched alkanes of at least 4 members (excludes halogenated alkanes) is 3. The minimum Gasteiger partial charge on any atom is -0.385 e. The fourth-order valence-electron chi connectivity index (χ4n) is 1.29. The number of nitrogens with one attached hydrogen (secondary N) is 1. The molecule has 86 valence electrons. The van der Waals surface area contributed by atoms with Crippen LogP contribution in [-0.4, -0.2) is 38.8 Å². The third-order valence-electron chi connectivity index (χ3n) is 2.15. The molecule has 1 N–H and O–H groups in total. The molecular formula is C11H25NOS. The van der Waals surface area contributed by atoms with Crippen molar-refractivity contribution in [2.45, 2.75) is 32.1 Å². The van der Waals surface area contributed by atoms with E-state index < -0.39 is 0 Å². The van der Waals surface area contributed by atoms with Crippen LogP contribution in [0.1, 0.15) is 32.1 Å². The molecule has 14 heavy (non-hydrogen) atoms. The number of methoxy groups -OCH3 is 1. The molecule has 0 radical (unpaired) electrons. The van der Waals surface area contributed by atoms with Gasteiger partial charge in [0.2, 0.25) is 0 Å². The highest BCUT2D eigenvalue weighted by molar-refractivity contribution is 7.98.